The van der Waals surface area contributed by atoms with Crippen molar-refractivity contribution in [3.63, 3.8) is 0 Å². The molecule has 0 fully saturated rings. The van der Waals surface area contributed by atoms with Crippen LogP contribution in [-0.4, -0.2) is 79.4 Å². The summed E-state index contributed by atoms with van der Waals surface area (Å²) in [6.07, 6.45) is 0.806. The molecule has 0 saturated heterocycles. The number of rotatable bonds is 8. The van der Waals surface area contributed by atoms with Crippen LogP contribution in [0.3, 0.4) is 0 Å². The minimum absolute atomic E-state index is 0. The molecule has 0 radical (unpaired) electrons. The molecule has 0 spiro atoms. The molecule has 0 aromatic rings. The van der Waals surface area contributed by atoms with Crippen LogP contribution in [0.2, 0.25) is 0 Å². The molecule has 0 unspecified atom stereocenters. The average Bonchev–Trinajstić information content (AvgIpc) is 2.03. The van der Waals surface area contributed by atoms with Crippen molar-refractivity contribution in [2.45, 2.75) is 6.42 Å². The monoisotopic (exact) mass is 188 g/mol. The minimum atomic E-state index is 0. The van der Waals surface area contributed by atoms with Gasteiger partial charge in [0.05, 0.1) is 26.4 Å². The molecule has 0 aromatic heterocycles. The van der Waals surface area contributed by atoms with E-state index < -0.39 is 0 Å². The first-order chi connectivity index (χ1) is 5.41. The Morgan fingerprint density at radius 1 is 0.750 bits per heavy atom. The third kappa shape index (κ3) is 13.4. The van der Waals surface area contributed by atoms with Crippen LogP contribution in [0.5, 0.6) is 0 Å². The first-order valence-corrected chi connectivity index (χ1v) is 3.79. The summed E-state index contributed by atoms with van der Waals surface area (Å²) in [6, 6.07) is 0. The predicted molar refractivity (Wildman–Crippen MR) is 47.6 cm³/mol. The average molecular weight is 188 g/mol. The Morgan fingerprint density at radius 2 is 1.17 bits per heavy atom. The predicted octanol–water partition coefficient (Wildman–Crippen LogP) is -1.25. The van der Waals surface area contributed by atoms with E-state index in [1.54, 1.807) is 0 Å². The first kappa shape index (κ1) is 15.3. The fraction of sp³-hybridized carbons (Fsp3) is 1.00. The van der Waals surface area contributed by atoms with E-state index in [1.807, 2.05) is 0 Å². The van der Waals surface area contributed by atoms with Crippen LogP contribution in [0, 0.1) is 0 Å². The molecule has 70 valence electrons. The third-order valence-electron chi connectivity index (χ3n) is 1.05. The molecule has 0 amide bonds. The normalized spacial score (nSPS) is 9.50. The van der Waals surface area contributed by atoms with Crippen LogP contribution >= 0.6 is 0 Å². The molecular weight excluding hydrogens is 171 g/mol. The third-order valence-corrected chi connectivity index (χ3v) is 1.05. The molecule has 5 heteroatoms. The van der Waals surface area contributed by atoms with E-state index in [1.165, 1.54) is 0 Å². The van der Waals surface area contributed by atoms with E-state index >= 15 is 0 Å². The number of hydrogen-bond donors (Lipinski definition) is 2. The molecule has 0 aliphatic rings. The molecule has 0 aliphatic heterocycles. The number of aliphatic hydroxyl groups excluding tert-OH is 2. The fourth-order valence-electron chi connectivity index (χ4n) is 0.596. The van der Waals surface area contributed by atoms with Gasteiger partial charge in [0.2, 0.25) is 0 Å². The van der Waals surface area contributed by atoms with E-state index in [9.17, 15) is 0 Å². The van der Waals surface area contributed by atoms with Crippen LogP contribution < -0.4 is 0 Å². The zero-order valence-electron chi connectivity index (χ0n) is 6.66. The van der Waals surface area contributed by atoms with E-state index in [-0.39, 0.29) is 42.8 Å². The van der Waals surface area contributed by atoms with Crippen LogP contribution in [0.25, 0.3) is 0 Å². The molecule has 4 nitrogen and oxygen atoms in total. The summed E-state index contributed by atoms with van der Waals surface area (Å²) in [5.74, 6) is 0. The maximum absolute atomic E-state index is 8.32. The van der Waals surface area contributed by atoms with Crippen molar-refractivity contribution in [2.24, 2.45) is 0 Å². The second-order valence-electron chi connectivity index (χ2n) is 2.03. The fourth-order valence-corrected chi connectivity index (χ4v) is 0.596. The van der Waals surface area contributed by atoms with Gasteiger partial charge in [0.15, 0.2) is 0 Å². The molecule has 12 heavy (non-hydrogen) atoms. The summed E-state index contributed by atoms with van der Waals surface area (Å²) < 4.78 is 9.94. The molecule has 0 aromatic carbocycles. The van der Waals surface area contributed by atoms with Gasteiger partial charge in [0.1, 0.15) is 0 Å². The molecule has 2 N–H and O–H groups in total. The Kier molecular flexibility index (Phi) is 18.3. The number of hydrogen-bond acceptors (Lipinski definition) is 4. The van der Waals surface area contributed by atoms with Crippen LogP contribution in [0.4, 0.5) is 0 Å². The second kappa shape index (κ2) is 14.4. The molecule has 0 rings (SSSR count). The van der Waals surface area contributed by atoms with Gasteiger partial charge in [-0.05, 0) is 6.42 Å². The van der Waals surface area contributed by atoms with Crippen LogP contribution in [0.15, 0.2) is 0 Å². The van der Waals surface area contributed by atoms with Gasteiger partial charge in [0, 0.05) is 13.2 Å². The molecule has 0 bridgehead atoms. The van der Waals surface area contributed by atoms with Gasteiger partial charge in [0.25, 0.3) is 0 Å². The van der Waals surface area contributed by atoms with Gasteiger partial charge in [-0.15, -0.1) is 0 Å². The number of ether oxygens (including phenoxy) is 2. The molecule has 0 atom stereocenters. The van der Waals surface area contributed by atoms with E-state index in [0.29, 0.717) is 26.4 Å². The van der Waals surface area contributed by atoms with Crippen molar-refractivity contribution in [2.75, 3.05) is 39.6 Å². The summed E-state index contributed by atoms with van der Waals surface area (Å²) in [5.41, 5.74) is 0. The van der Waals surface area contributed by atoms with Gasteiger partial charge in [-0.1, -0.05) is 0 Å². The van der Waals surface area contributed by atoms with Crippen molar-refractivity contribution in [1.82, 2.24) is 0 Å². The Balaban J connectivity index is 0. The topological polar surface area (TPSA) is 58.9 Å². The van der Waals surface area contributed by atoms with Crippen molar-refractivity contribution in [1.29, 1.82) is 0 Å². The molecule has 0 heterocycles. The summed E-state index contributed by atoms with van der Waals surface area (Å²) in [5, 5.41) is 16.6. The molecule has 0 aliphatic carbocycles. The SMILES string of the molecule is OCCOCCCOCCO.[NaH]. The van der Waals surface area contributed by atoms with Crippen LogP contribution in [0.1, 0.15) is 6.42 Å². The zero-order chi connectivity index (χ0) is 8.36. The quantitative estimate of drug-likeness (QED) is 0.369. The molecule has 0 saturated carbocycles. The summed E-state index contributed by atoms with van der Waals surface area (Å²) in [6.45, 7) is 2.12. The van der Waals surface area contributed by atoms with Crippen molar-refractivity contribution in [3.05, 3.63) is 0 Å². The Bertz CT molecular complexity index is 64.4. The summed E-state index contributed by atoms with van der Waals surface area (Å²) in [7, 11) is 0. The second-order valence-corrected chi connectivity index (χ2v) is 2.03. The summed E-state index contributed by atoms with van der Waals surface area (Å²) in [4.78, 5) is 0. The van der Waals surface area contributed by atoms with Crippen molar-refractivity contribution >= 4 is 29.6 Å². The van der Waals surface area contributed by atoms with Gasteiger partial charge in [-0.25, -0.2) is 0 Å². The Labute approximate surface area is 95.2 Å². The Hall–Kier alpha value is 0.840. The van der Waals surface area contributed by atoms with E-state index in [2.05, 4.69) is 0 Å². The van der Waals surface area contributed by atoms with E-state index in [0.717, 1.165) is 6.42 Å². The van der Waals surface area contributed by atoms with E-state index in [4.69, 9.17) is 19.7 Å². The van der Waals surface area contributed by atoms with Gasteiger partial charge in [-0.3, -0.25) is 0 Å². The maximum atomic E-state index is 8.32. The number of aliphatic hydroxyl groups is 2. The van der Waals surface area contributed by atoms with Crippen LogP contribution in [-0.2, 0) is 9.47 Å². The van der Waals surface area contributed by atoms with Crippen molar-refractivity contribution in [3.8, 4) is 0 Å². The Morgan fingerprint density at radius 3 is 1.50 bits per heavy atom. The van der Waals surface area contributed by atoms with Gasteiger partial charge < -0.3 is 19.7 Å². The summed E-state index contributed by atoms with van der Waals surface area (Å²) >= 11 is 0. The zero-order valence-corrected chi connectivity index (χ0v) is 6.66. The molecular formula is C7H17NaO4. The van der Waals surface area contributed by atoms with Gasteiger partial charge >= 0.3 is 29.6 Å². The first-order valence-electron chi connectivity index (χ1n) is 3.79. The standard InChI is InChI=1S/C7H16O4.Na.H/c8-2-6-10-4-1-5-11-7-3-9;;/h8-9H,1-7H2;;. The van der Waals surface area contributed by atoms with Crippen molar-refractivity contribution < 1.29 is 19.7 Å². The van der Waals surface area contributed by atoms with Gasteiger partial charge in [-0.2, -0.15) is 0 Å².